The van der Waals surface area contributed by atoms with Crippen LogP contribution in [0.1, 0.15) is 30.2 Å². The number of aromatic nitrogens is 3. The zero-order valence-corrected chi connectivity index (χ0v) is 12.9. The monoisotopic (exact) mass is 298 g/mol. The van der Waals surface area contributed by atoms with E-state index < -0.39 is 0 Å². The van der Waals surface area contributed by atoms with Gasteiger partial charge in [0.25, 0.3) is 0 Å². The fraction of sp³-hybridized carbons (Fsp3) is 0.375. The molecule has 4 rings (SSSR count). The lowest BCUT2D eigenvalue weighted by Crippen LogP contribution is -2.01. The normalized spacial score (nSPS) is 14.0. The van der Waals surface area contributed by atoms with Gasteiger partial charge in [0.05, 0.1) is 22.3 Å². The van der Waals surface area contributed by atoms with Gasteiger partial charge in [0.15, 0.2) is 0 Å². The second kappa shape index (κ2) is 4.84. The highest BCUT2D eigenvalue weighted by molar-refractivity contribution is 7.16. The number of nitrogens with zero attached hydrogens (tertiary/aromatic N) is 3. The highest BCUT2D eigenvalue weighted by atomic mass is 32.1. The Morgan fingerprint density at radius 1 is 1.38 bits per heavy atom. The lowest BCUT2D eigenvalue weighted by atomic mass is 10.1. The van der Waals surface area contributed by atoms with Crippen LogP contribution in [0.2, 0.25) is 0 Å². The molecule has 21 heavy (non-hydrogen) atoms. The molecule has 108 valence electrons. The summed E-state index contributed by atoms with van der Waals surface area (Å²) in [5, 5.41) is 0.917. The first-order valence-electron chi connectivity index (χ1n) is 7.50. The molecule has 0 saturated heterocycles. The van der Waals surface area contributed by atoms with Crippen LogP contribution < -0.4 is 5.73 Å². The first-order chi connectivity index (χ1) is 10.3. The van der Waals surface area contributed by atoms with E-state index in [4.69, 9.17) is 10.7 Å². The van der Waals surface area contributed by atoms with Gasteiger partial charge in [-0.05, 0) is 37.3 Å². The zero-order chi connectivity index (χ0) is 14.4. The quantitative estimate of drug-likeness (QED) is 0.803. The average Bonchev–Trinajstić information content (AvgIpc) is 3.13. The standard InChI is InChI=1S/C16H18N4S/c1-2-8-20-12-6-7-18-9-11(12)19-16(20)14-10-4-3-5-13(10)21-15(14)17/h6-7,9H,2-5,8,17H2,1H3. The van der Waals surface area contributed by atoms with Crippen molar-refractivity contribution in [1.82, 2.24) is 14.5 Å². The minimum absolute atomic E-state index is 0.917. The number of imidazole rings is 1. The molecule has 0 unspecified atom stereocenters. The summed E-state index contributed by atoms with van der Waals surface area (Å²) in [6, 6.07) is 2.05. The fourth-order valence-corrected chi connectivity index (χ4v) is 4.45. The van der Waals surface area contributed by atoms with E-state index in [0.29, 0.717) is 0 Å². The van der Waals surface area contributed by atoms with Crippen LogP contribution >= 0.6 is 11.3 Å². The minimum atomic E-state index is 0.917. The Hall–Kier alpha value is -1.88. The topological polar surface area (TPSA) is 56.7 Å². The third-order valence-electron chi connectivity index (χ3n) is 4.17. The van der Waals surface area contributed by atoms with Crippen molar-refractivity contribution in [3.05, 3.63) is 28.9 Å². The molecule has 0 amide bonds. The number of hydrogen-bond acceptors (Lipinski definition) is 4. The second-order valence-electron chi connectivity index (χ2n) is 5.55. The molecule has 0 spiro atoms. The summed E-state index contributed by atoms with van der Waals surface area (Å²) in [7, 11) is 0. The van der Waals surface area contributed by atoms with Gasteiger partial charge in [0, 0.05) is 17.6 Å². The van der Waals surface area contributed by atoms with Crippen molar-refractivity contribution >= 4 is 27.4 Å². The van der Waals surface area contributed by atoms with Crippen LogP contribution in [0.3, 0.4) is 0 Å². The van der Waals surface area contributed by atoms with Gasteiger partial charge in [0.2, 0.25) is 0 Å². The molecule has 3 aromatic heterocycles. The molecule has 4 nitrogen and oxygen atoms in total. The van der Waals surface area contributed by atoms with Crippen molar-refractivity contribution in [2.45, 2.75) is 39.2 Å². The Balaban J connectivity index is 2.00. The maximum Gasteiger partial charge on any atom is 0.144 e. The molecule has 2 N–H and O–H groups in total. The van der Waals surface area contributed by atoms with Crippen LogP contribution in [0.15, 0.2) is 18.5 Å². The highest BCUT2D eigenvalue weighted by Crippen LogP contribution is 2.43. The van der Waals surface area contributed by atoms with E-state index in [1.807, 2.05) is 18.5 Å². The van der Waals surface area contributed by atoms with Gasteiger partial charge in [-0.3, -0.25) is 4.98 Å². The van der Waals surface area contributed by atoms with Crippen LogP contribution in [-0.4, -0.2) is 14.5 Å². The van der Waals surface area contributed by atoms with Crippen LogP contribution in [-0.2, 0) is 19.4 Å². The number of nitrogen functional groups attached to an aromatic ring is 1. The van der Waals surface area contributed by atoms with Crippen molar-refractivity contribution in [1.29, 1.82) is 0 Å². The van der Waals surface area contributed by atoms with Gasteiger partial charge >= 0.3 is 0 Å². The molecule has 0 fully saturated rings. The average molecular weight is 298 g/mol. The Labute approximate surface area is 127 Å². The summed E-state index contributed by atoms with van der Waals surface area (Å²) in [6.45, 7) is 3.15. The molecule has 0 aromatic carbocycles. The van der Waals surface area contributed by atoms with Gasteiger partial charge in [-0.2, -0.15) is 0 Å². The van der Waals surface area contributed by atoms with E-state index in [1.165, 1.54) is 28.8 Å². The predicted molar refractivity (Wildman–Crippen MR) is 87.6 cm³/mol. The molecule has 0 bridgehead atoms. The van der Waals surface area contributed by atoms with Crippen molar-refractivity contribution in [3.8, 4) is 11.4 Å². The largest absolute Gasteiger partial charge is 0.390 e. The zero-order valence-electron chi connectivity index (χ0n) is 12.1. The van der Waals surface area contributed by atoms with E-state index in [0.717, 1.165) is 41.2 Å². The number of aryl methyl sites for hydroxylation is 2. The smallest absolute Gasteiger partial charge is 0.144 e. The highest BCUT2D eigenvalue weighted by Gasteiger charge is 2.25. The summed E-state index contributed by atoms with van der Waals surface area (Å²) in [4.78, 5) is 10.5. The summed E-state index contributed by atoms with van der Waals surface area (Å²) in [5.74, 6) is 1.02. The maximum atomic E-state index is 6.32. The third kappa shape index (κ3) is 1.87. The van der Waals surface area contributed by atoms with Gasteiger partial charge in [0.1, 0.15) is 11.3 Å². The number of anilines is 1. The van der Waals surface area contributed by atoms with Crippen molar-refractivity contribution in [2.75, 3.05) is 5.73 Å². The number of hydrogen-bond donors (Lipinski definition) is 1. The molecule has 0 aliphatic heterocycles. The summed E-state index contributed by atoms with van der Waals surface area (Å²) in [5.41, 5.74) is 11.0. The summed E-state index contributed by atoms with van der Waals surface area (Å²) >= 11 is 1.74. The molecule has 0 saturated carbocycles. The molecule has 0 atom stereocenters. The molecule has 3 heterocycles. The Bertz CT molecular complexity index is 815. The molecule has 0 radical (unpaired) electrons. The predicted octanol–water partition coefficient (Wildman–Crippen LogP) is 3.64. The lowest BCUT2D eigenvalue weighted by molar-refractivity contribution is 0.704. The maximum absolute atomic E-state index is 6.32. The Kier molecular flexibility index (Phi) is 2.96. The fourth-order valence-electron chi connectivity index (χ4n) is 3.29. The number of nitrogens with two attached hydrogens (primary N) is 1. The summed E-state index contributed by atoms with van der Waals surface area (Å²) in [6.07, 6.45) is 8.29. The molecule has 1 aliphatic rings. The van der Waals surface area contributed by atoms with E-state index >= 15 is 0 Å². The molecule has 3 aromatic rings. The Morgan fingerprint density at radius 3 is 3.14 bits per heavy atom. The van der Waals surface area contributed by atoms with Crippen molar-refractivity contribution in [2.24, 2.45) is 0 Å². The second-order valence-corrected chi connectivity index (χ2v) is 6.68. The number of fused-ring (bicyclic) bond motifs is 2. The van der Waals surface area contributed by atoms with Crippen LogP contribution in [0.5, 0.6) is 0 Å². The van der Waals surface area contributed by atoms with Crippen LogP contribution in [0.4, 0.5) is 5.00 Å². The lowest BCUT2D eigenvalue weighted by Gasteiger charge is -2.09. The molecule has 5 heteroatoms. The van der Waals surface area contributed by atoms with E-state index in [2.05, 4.69) is 16.5 Å². The van der Waals surface area contributed by atoms with Crippen LogP contribution in [0.25, 0.3) is 22.4 Å². The molecule has 1 aliphatic carbocycles. The molecular formula is C16H18N4S. The minimum Gasteiger partial charge on any atom is -0.390 e. The first kappa shape index (κ1) is 12.8. The summed E-state index contributed by atoms with van der Waals surface area (Å²) < 4.78 is 2.30. The van der Waals surface area contributed by atoms with E-state index in [9.17, 15) is 0 Å². The van der Waals surface area contributed by atoms with Crippen molar-refractivity contribution in [3.63, 3.8) is 0 Å². The SMILES string of the molecule is CCCn1c(-c2c(N)sc3c2CCC3)nc2cnccc21. The number of thiophene rings is 1. The first-order valence-corrected chi connectivity index (χ1v) is 8.32. The number of rotatable bonds is 3. The number of pyridine rings is 1. The van der Waals surface area contributed by atoms with Gasteiger partial charge < -0.3 is 10.3 Å². The van der Waals surface area contributed by atoms with E-state index in [-0.39, 0.29) is 0 Å². The van der Waals surface area contributed by atoms with Gasteiger partial charge in [-0.25, -0.2) is 4.98 Å². The third-order valence-corrected chi connectivity index (χ3v) is 5.29. The van der Waals surface area contributed by atoms with E-state index in [1.54, 1.807) is 11.3 Å². The van der Waals surface area contributed by atoms with Gasteiger partial charge in [-0.15, -0.1) is 11.3 Å². The van der Waals surface area contributed by atoms with Gasteiger partial charge in [-0.1, -0.05) is 6.92 Å². The van der Waals surface area contributed by atoms with Crippen LogP contribution in [0, 0.1) is 0 Å². The van der Waals surface area contributed by atoms with Crippen molar-refractivity contribution < 1.29 is 0 Å². The Morgan fingerprint density at radius 2 is 2.29 bits per heavy atom. The molecular weight excluding hydrogens is 280 g/mol.